The van der Waals surface area contributed by atoms with Crippen LogP contribution in [0.1, 0.15) is 23.1 Å². The van der Waals surface area contributed by atoms with E-state index in [1.165, 1.54) is 23.1 Å². The summed E-state index contributed by atoms with van der Waals surface area (Å²) in [4.78, 5) is 11.3. The summed E-state index contributed by atoms with van der Waals surface area (Å²) in [6, 6.07) is 12.8. The lowest BCUT2D eigenvalue weighted by Crippen LogP contribution is -2.30. The van der Waals surface area contributed by atoms with Gasteiger partial charge < -0.3 is 4.90 Å². The van der Waals surface area contributed by atoms with Crippen molar-refractivity contribution < 1.29 is 0 Å². The van der Waals surface area contributed by atoms with Crippen molar-refractivity contribution in [1.29, 1.82) is 0 Å². The maximum Gasteiger partial charge on any atom is 0.159 e. The van der Waals surface area contributed by atoms with Gasteiger partial charge in [-0.3, -0.25) is 9.98 Å². The Kier molecular flexibility index (Phi) is 5.11. The summed E-state index contributed by atoms with van der Waals surface area (Å²) in [6.07, 6.45) is 4.94. The van der Waals surface area contributed by atoms with Gasteiger partial charge in [-0.25, -0.2) is 0 Å². The molecule has 0 radical (unpaired) electrons. The van der Waals surface area contributed by atoms with Crippen LogP contribution in [0.25, 0.3) is 0 Å². The molecule has 0 N–H and O–H groups in total. The van der Waals surface area contributed by atoms with Crippen molar-refractivity contribution in [3.63, 3.8) is 0 Å². The van der Waals surface area contributed by atoms with E-state index >= 15 is 0 Å². The molecule has 1 aliphatic heterocycles. The largest absolute Gasteiger partial charge is 0.343 e. The third-order valence-corrected chi connectivity index (χ3v) is 4.74. The molecule has 0 spiro atoms. The second kappa shape index (κ2) is 7.45. The Hall–Kier alpha value is -1.81. The fourth-order valence-electron chi connectivity index (χ4n) is 2.57. The minimum Gasteiger partial charge on any atom is -0.343 e. The van der Waals surface area contributed by atoms with Crippen LogP contribution in [-0.2, 0) is 13.1 Å². The molecule has 0 atom stereocenters. The zero-order valence-electron chi connectivity index (χ0n) is 12.9. The second-order valence-electron chi connectivity index (χ2n) is 5.57. The highest BCUT2D eigenvalue weighted by atomic mass is 32.2. The number of aromatic nitrogens is 1. The summed E-state index contributed by atoms with van der Waals surface area (Å²) < 4.78 is 0. The third-order valence-electron chi connectivity index (χ3n) is 3.60. The molecule has 3 nitrogen and oxygen atoms in total. The number of benzene rings is 1. The molecule has 0 saturated carbocycles. The van der Waals surface area contributed by atoms with Gasteiger partial charge in [-0.05, 0) is 30.5 Å². The molecule has 114 valence electrons. The van der Waals surface area contributed by atoms with Crippen molar-refractivity contribution in [2.45, 2.75) is 26.4 Å². The van der Waals surface area contributed by atoms with Crippen molar-refractivity contribution in [2.24, 2.45) is 4.99 Å². The number of aryl methyl sites for hydroxylation is 1. The predicted molar refractivity (Wildman–Crippen MR) is 94.0 cm³/mol. The average Bonchev–Trinajstić information content (AvgIpc) is 2.56. The molecule has 0 fully saturated rings. The summed E-state index contributed by atoms with van der Waals surface area (Å²) in [5.41, 5.74) is 3.86. The normalized spacial score (nSPS) is 14.5. The van der Waals surface area contributed by atoms with E-state index in [2.05, 4.69) is 47.1 Å². The van der Waals surface area contributed by atoms with E-state index in [1.807, 2.05) is 30.2 Å². The van der Waals surface area contributed by atoms with Gasteiger partial charge in [-0.1, -0.05) is 47.7 Å². The first-order valence-corrected chi connectivity index (χ1v) is 8.66. The van der Waals surface area contributed by atoms with E-state index < -0.39 is 0 Å². The molecular formula is C18H21N3S. The molecule has 0 aliphatic carbocycles. The maximum absolute atomic E-state index is 4.73. The van der Waals surface area contributed by atoms with Gasteiger partial charge >= 0.3 is 0 Å². The molecule has 0 bridgehead atoms. The van der Waals surface area contributed by atoms with Gasteiger partial charge in [0.25, 0.3) is 0 Å². The highest BCUT2D eigenvalue weighted by Crippen LogP contribution is 2.20. The van der Waals surface area contributed by atoms with Crippen molar-refractivity contribution in [1.82, 2.24) is 9.88 Å². The molecule has 2 aromatic rings. The molecule has 4 heteroatoms. The summed E-state index contributed by atoms with van der Waals surface area (Å²) in [6.45, 7) is 4.83. The first-order chi connectivity index (χ1) is 10.8. The van der Waals surface area contributed by atoms with E-state index in [9.17, 15) is 0 Å². The fraction of sp³-hybridized carbons (Fsp3) is 0.333. The monoisotopic (exact) mass is 311 g/mol. The number of pyridine rings is 1. The molecule has 0 unspecified atom stereocenters. The SMILES string of the molecule is Cc1cccc(CN(Cc2cccnc2)C2=NCCCS2)c1. The van der Waals surface area contributed by atoms with Crippen molar-refractivity contribution in [3.8, 4) is 0 Å². The number of amidine groups is 1. The standard InChI is InChI=1S/C18H21N3S/c1-15-5-2-6-16(11-15)13-21(18-20-9-4-10-22-18)14-17-7-3-8-19-12-17/h2-3,5-8,11-12H,4,9-10,13-14H2,1H3. The zero-order valence-corrected chi connectivity index (χ0v) is 13.7. The third kappa shape index (κ3) is 4.10. The molecule has 1 aromatic carbocycles. The van der Waals surface area contributed by atoms with Gasteiger partial charge in [0, 0.05) is 37.8 Å². The van der Waals surface area contributed by atoms with Gasteiger partial charge in [0.05, 0.1) is 0 Å². The first kappa shape index (κ1) is 15.1. The van der Waals surface area contributed by atoms with Crippen LogP contribution in [-0.4, -0.2) is 27.3 Å². The van der Waals surface area contributed by atoms with Gasteiger partial charge in [0.1, 0.15) is 0 Å². The fourth-order valence-corrected chi connectivity index (χ4v) is 3.52. The maximum atomic E-state index is 4.73. The van der Waals surface area contributed by atoms with Gasteiger partial charge in [0.15, 0.2) is 5.17 Å². The van der Waals surface area contributed by atoms with E-state index in [4.69, 9.17) is 4.99 Å². The molecule has 0 amide bonds. The number of rotatable bonds is 4. The summed E-state index contributed by atoms with van der Waals surface area (Å²) in [5, 5.41) is 1.16. The minimum absolute atomic E-state index is 0.855. The summed E-state index contributed by atoms with van der Waals surface area (Å²) in [7, 11) is 0. The highest BCUT2D eigenvalue weighted by molar-refractivity contribution is 8.13. The molecule has 1 aliphatic rings. The Morgan fingerprint density at radius 2 is 2.00 bits per heavy atom. The van der Waals surface area contributed by atoms with Crippen LogP contribution in [0.2, 0.25) is 0 Å². The van der Waals surface area contributed by atoms with Crippen LogP contribution < -0.4 is 0 Å². The van der Waals surface area contributed by atoms with E-state index in [0.29, 0.717) is 0 Å². The summed E-state index contributed by atoms with van der Waals surface area (Å²) in [5.74, 6) is 1.16. The topological polar surface area (TPSA) is 28.5 Å². The Bertz CT molecular complexity index is 640. The van der Waals surface area contributed by atoms with Crippen LogP contribution in [0, 0.1) is 6.92 Å². The average molecular weight is 311 g/mol. The number of hydrogen-bond donors (Lipinski definition) is 0. The van der Waals surface area contributed by atoms with Crippen LogP contribution in [0.3, 0.4) is 0 Å². The number of nitrogens with zero attached hydrogens (tertiary/aromatic N) is 3. The molecule has 22 heavy (non-hydrogen) atoms. The van der Waals surface area contributed by atoms with E-state index in [1.54, 1.807) is 0 Å². The zero-order chi connectivity index (χ0) is 15.2. The molecular weight excluding hydrogens is 290 g/mol. The van der Waals surface area contributed by atoms with E-state index in [-0.39, 0.29) is 0 Å². The van der Waals surface area contributed by atoms with Crippen LogP contribution in [0.15, 0.2) is 53.8 Å². The van der Waals surface area contributed by atoms with Gasteiger partial charge in [-0.15, -0.1) is 0 Å². The Morgan fingerprint density at radius 3 is 2.73 bits per heavy atom. The number of aliphatic imine (C=N–C) groups is 1. The van der Waals surface area contributed by atoms with Crippen LogP contribution >= 0.6 is 11.8 Å². The van der Waals surface area contributed by atoms with Gasteiger partial charge in [-0.2, -0.15) is 0 Å². The lowest BCUT2D eigenvalue weighted by Gasteiger charge is -2.27. The van der Waals surface area contributed by atoms with Crippen molar-refractivity contribution >= 4 is 16.9 Å². The first-order valence-electron chi connectivity index (χ1n) is 7.68. The van der Waals surface area contributed by atoms with Crippen LogP contribution in [0.5, 0.6) is 0 Å². The summed E-state index contributed by atoms with van der Waals surface area (Å²) >= 11 is 1.87. The Morgan fingerprint density at radius 1 is 1.14 bits per heavy atom. The Labute approximate surface area is 136 Å². The van der Waals surface area contributed by atoms with E-state index in [0.717, 1.165) is 30.6 Å². The molecule has 0 saturated heterocycles. The van der Waals surface area contributed by atoms with Crippen molar-refractivity contribution in [2.75, 3.05) is 12.3 Å². The molecule has 2 heterocycles. The van der Waals surface area contributed by atoms with Crippen LogP contribution in [0.4, 0.5) is 0 Å². The number of hydrogen-bond acceptors (Lipinski definition) is 4. The number of thioether (sulfide) groups is 1. The second-order valence-corrected chi connectivity index (χ2v) is 6.63. The highest BCUT2D eigenvalue weighted by Gasteiger charge is 2.16. The predicted octanol–water partition coefficient (Wildman–Crippen LogP) is 3.89. The Balaban J connectivity index is 1.80. The quantitative estimate of drug-likeness (QED) is 0.858. The smallest absolute Gasteiger partial charge is 0.159 e. The van der Waals surface area contributed by atoms with Crippen molar-refractivity contribution in [3.05, 3.63) is 65.5 Å². The lowest BCUT2D eigenvalue weighted by atomic mass is 10.1. The van der Waals surface area contributed by atoms with Gasteiger partial charge in [0.2, 0.25) is 0 Å². The minimum atomic E-state index is 0.855. The molecule has 1 aromatic heterocycles. The molecule has 3 rings (SSSR count). The lowest BCUT2D eigenvalue weighted by molar-refractivity contribution is 0.412.